The molecular formula is C21H21N3O3S. The topological polar surface area (TPSA) is 57.3 Å². The minimum atomic E-state index is 0.256. The quantitative estimate of drug-likeness (QED) is 0.610. The third-order valence-electron chi connectivity index (χ3n) is 4.40. The molecule has 0 spiro atoms. The lowest BCUT2D eigenvalue weighted by atomic mass is 10.1. The number of benzene rings is 2. The molecule has 0 amide bonds. The molecule has 4 rings (SSSR count). The van der Waals surface area contributed by atoms with Gasteiger partial charge < -0.3 is 14.2 Å². The highest BCUT2D eigenvalue weighted by atomic mass is 32.1. The number of rotatable bonds is 5. The van der Waals surface area contributed by atoms with Crippen molar-refractivity contribution in [2.24, 2.45) is 10.1 Å². The summed E-state index contributed by atoms with van der Waals surface area (Å²) >= 11 is 1.56. The van der Waals surface area contributed by atoms with Crippen LogP contribution in [-0.2, 0) is 0 Å². The van der Waals surface area contributed by atoms with Crippen LogP contribution in [-0.4, -0.2) is 30.8 Å². The molecule has 0 fully saturated rings. The summed E-state index contributed by atoms with van der Waals surface area (Å²) in [5, 5.41) is 6.94. The first-order valence-corrected chi connectivity index (χ1v) is 9.89. The van der Waals surface area contributed by atoms with Crippen LogP contribution in [0.25, 0.3) is 11.3 Å². The van der Waals surface area contributed by atoms with Gasteiger partial charge in [0, 0.05) is 23.1 Å². The number of aromatic nitrogens is 1. The molecule has 2 heterocycles. The molecule has 2 aromatic carbocycles. The number of thiazole rings is 1. The van der Waals surface area contributed by atoms with Crippen LogP contribution >= 0.6 is 11.3 Å². The largest absolute Gasteiger partial charge is 0.496 e. The predicted octanol–water partition coefficient (Wildman–Crippen LogP) is 4.15. The number of fused-ring (bicyclic) bond motifs is 1. The van der Waals surface area contributed by atoms with Gasteiger partial charge in [0.25, 0.3) is 0 Å². The van der Waals surface area contributed by atoms with Gasteiger partial charge in [0.05, 0.1) is 18.5 Å². The predicted molar refractivity (Wildman–Crippen MR) is 111 cm³/mol. The summed E-state index contributed by atoms with van der Waals surface area (Å²) in [6.45, 7) is 4.93. The zero-order valence-corrected chi connectivity index (χ0v) is 16.8. The number of hydrogen-bond acceptors (Lipinski definition) is 6. The van der Waals surface area contributed by atoms with Crippen molar-refractivity contribution in [1.82, 2.24) is 4.68 Å². The molecule has 1 aliphatic rings. The minimum Gasteiger partial charge on any atom is -0.496 e. The van der Waals surface area contributed by atoms with Crippen molar-refractivity contribution in [3.63, 3.8) is 0 Å². The minimum absolute atomic E-state index is 0.256. The van der Waals surface area contributed by atoms with Crippen LogP contribution < -0.4 is 19.0 Å². The Morgan fingerprint density at radius 3 is 2.82 bits per heavy atom. The highest BCUT2D eigenvalue weighted by Gasteiger charge is 2.16. The number of para-hydroxylation sites is 1. The number of nitrogens with zero attached hydrogens (tertiary/aromatic N) is 3. The fourth-order valence-corrected chi connectivity index (χ4v) is 3.90. The lowest BCUT2D eigenvalue weighted by Gasteiger charge is -2.10. The summed E-state index contributed by atoms with van der Waals surface area (Å²) in [4.78, 5) is 5.44. The summed E-state index contributed by atoms with van der Waals surface area (Å²) < 4.78 is 18.3. The second-order valence-corrected chi connectivity index (χ2v) is 6.98. The van der Waals surface area contributed by atoms with Gasteiger partial charge in [-0.15, -0.1) is 11.3 Å². The maximum Gasteiger partial charge on any atom is 0.231 e. The molecule has 1 aromatic heterocycles. The van der Waals surface area contributed by atoms with Crippen molar-refractivity contribution in [1.29, 1.82) is 0 Å². The maximum absolute atomic E-state index is 5.55. The van der Waals surface area contributed by atoms with E-state index in [1.54, 1.807) is 18.4 Å². The van der Waals surface area contributed by atoms with Gasteiger partial charge >= 0.3 is 0 Å². The molecule has 1 aliphatic heterocycles. The van der Waals surface area contributed by atoms with E-state index in [2.05, 4.69) is 10.4 Å². The van der Waals surface area contributed by atoms with E-state index in [4.69, 9.17) is 19.3 Å². The molecule has 0 aliphatic carbocycles. The molecule has 3 aromatic rings. The SMILES string of the molecule is CCN=c1scc(-c2ccccc2OC)n1N=C(C)c1ccc2c(c1)OCO2. The maximum atomic E-state index is 5.55. The average Bonchev–Trinajstić information content (AvgIpc) is 3.35. The molecule has 0 radical (unpaired) electrons. The number of methoxy groups -OCH3 is 1. The van der Waals surface area contributed by atoms with Crippen LogP contribution in [0.15, 0.2) is 57.9 Å². The Morgan fingerprint density at radius 2 is 2.00 bits per heavy atom. The molecule has 0 atom stereocenters. The zero-order valence-electron chi connectivity index (χ0n) is 16.0. The Kier molecular flexibility index (Phi) is 5.16. The number of hydrogen-bond donors (Lipinski definition) is 0. The van der Waals surface area contributed by atoms with Crippen molar-refractivity contribution in [3.8, 4) is 28.5 Å². The van der Waals surface area contributed by atoms with Crippen molar-refractivity contribution in [3.05, 3.63) is 58.2 Å². The monoisotopic (exact) mass is 395 g/mol. The highest BCUT2D eigenvalue weighted by Crippen LogP contribution is 2.33. The molecule has 0 saturated carbocycles. The van der Waals surface area contributed by atoms with E-state index >= 15 is 0 Å². The molecule has 0 N–H and O–H groups in total. The second-order valence-electron chi connectivity index (χ2n) is 6.14. The molecule has 0 saturated heterocycles. The normalized spacial score (nSPS) is 13.8. The van der Waals surface area contributed by atoms with Crippen molar-refractivity contribution < 1.29 is 14.2 Å². The second kappa shape index (κ2) is 7.90. The van der Waals surface area contributed by atoms with Gasteiger partial charge in [-0.05, 0) is 44.2 Å². The van der Waals surface area contributed by atoms with Gasteiger partial charge in [0.2, 0.25) is 11.6 Å². The first kappa shape index (κ1) is 18.3. The molecule has 0 unspecified atom stereocenters. The fraction of sp³-hybridized carbons (Fsp3) is 0.238. The standard InChI is InChI=1S/C21H21N3O3S/c1-4-22-21-24(17(12-28-21)16-7-5-6-8-18(16)25-3)23-14(2)15-9-10-19-20(11-15)27-13-26-19/h5-12H,4,13H2,1-3H3. The Balaban J connectivity index is 1.83. The Bertz CT molecular complexity index is 1100. The third-order valence-corrected chi connectivity index (χ3v) is 5.26. The van der Waals surface area contributed by atoms with E-state index < -0.39 is 0 Å². The van der Waals surface area contributed by atoms with Crippen LogP contribution in [0.4, 0.5) is 0 Å². The van der Waals surface area contributed by atoms with Crippen LogP contribution in [0.1, 0.15) is 19.4 Å². The van der Waals surface area contributed by atoms with Crippen LogP contribution in [0.5, 0.6) is 17.2 Å². The lowest BCUT2D eigenvalue weighted by Crippen LogP contribution is -2.14. The van der Waals surface area contributed by atoms with Gasteiger partial charge in [0.15, 0.2) is 11.5 Å². The molecular weight excluding hydrogens is 374 g/mol. The summed E-state index contributed by atoms with van der Waals surface area (Å²) in [7, 11) is 1.67. The Labute approximate surface area is 167 Å². The fourth-order valence-electron chi connectivity index (χ4n) is 3.01. The zero-order chi connectivity index (χ0) is 19.5. The van der Waals surface area contributed by atoms with E-state index in [-0.39, 0.29) is 6.79 Å². The van der Waals surface area contributed by atoms with E-state index in [1.165, 1.54) is 0 Å². The van der Waals surface area contributed by atoms with Crippen molar-refractivity contribution in [2.45, 2.75) is 13.8 Å². The van der Waals surface area contributed by atoms with E-state index in [9.17, 15) is 0 Å². The van der Waals surface area contributed by atoms with Crippen LogP contribution in [0.3, 0.4) is 0 Å². The highest BCUT2D eigenvalue weighted by molar-refractivity contribution is 7.07. The van der Waals surface area contributed by atoms with E-state index in [1.807, 2.05) is 61.0 Å². The van der Waals surface area contributed by atoms with Gasteiger partial charge in [-0.1, -0.05) is 12.1 Å². The third kappa shape index (κ3) is 3.41. The van der Waals surface area contributed by atoms with Gasteiger partial charge in [-0.3, -0.25) is 4.99 Å². The summed E-state index contributed by atoms with van der Waals surface area (Å²) in [5.74, 6) is 2.30. The van der Waals surface area contributed by atoms with E-state index in [0.717, 1.165) is 44.6 Å². The van der Waals surface area contributed by atoms with Gasteiger partial charge in [0.1, 0.15) is 5.75 Å². The number of ether oxygens (including phenoxy) is 3. The van der Waals surface area contributed by atoms with Gasteiger partial charge in [-0.2, -0.15) is 5.10 Å². The van der Waals surface area contributed by atoms with Crippen molar-refractivity contribution in [2.75, 3.05) is 20.4 Å². The first-order chi connectivity index (χ1) is 13.7. The average molecular weight is 395 g/mol. The lowest BCUT2D eigenvalue weighted by molar-refractivity contribution is 0.174. The van der Waals surface area contributed by atoms with Crippen LogP contribution in [0, 0.1) is 0 Å². The summed E-state index contributed by atoms with van der Waals surface area (Å²) in [6.07, 6.45) is 0. The van der Waals surface area contributed by atoms with Gasteiger partial charge in [-0.25, -0.2) is 4.68 Å². The van der Waals surface area contributed by atoms with Crippen molar-refractivity contribution >= 4 is 17.0 Å². The Hall–Kier alpha value is -3.06. The first-order valence-electron chi connectivity index (χ1n) is 9.01. The smallest absolute Gasteiger partial charge is 0.231 e. The molecule has 28 heavy (non-hydrogen) atoms. The molecule has 0 bridgehead atoms. The van der Waals surface area contributed by atoms with E-state index in [0.29, 0.717) is 6.54 Å². The molecule has 7 heteroatoms. The molecule has 144 valence electrons. The summed E-state index contributed by atoms with van der Waals surface area (Å²) in [5.41, 5.74) is 3.73. The Morgan fingerprint density at radius 1 is 1.18 bits per heavy atom. The van der Waals surface area contributed by atoms with Crippen LogP contribution in [0.2, 0.25) is 0 Å². The summed E-state index contributed by atoms with van der Waals surface area (Å²) in [6, 6.07) is 13.8. The molecule has 6 nitrogen and oxygen atoms in total.